The van der Waals surface area contributed by atoms with E-state index in [0.717, 1.165) is 11.5 Å². The fraction of sp³-hybridized carbons (Fsp3) is 0.320. The van der Waals surface area contributed by atoms with E-state index in [0.29, 0.717) is 58.8 Å². The minimum atomic E-state index is -5.08. The zero-order valence-electron chi connectivity index (χ0n) is 21.5. The number of hydrogen-bond acceptors (Lipinski definition) is 8. The molecule has 1 aromatic carbocycles. The van der Waals surface area contributed by atoms with Crippen molar-refractivity contribution in [1.82, 2.24) is 25.4 Å². The zero-order chi connectivity index (χ0) is 30.5. The summed E-state index contributed by atoms with van der Waals surface area (Å²) in [6.07, 6.45) is -0.406. The van der Waals surface area contributed by atoms with Gasteiger partial charge >= 0.3 is 17.9 Å². The number of carboxylic acids is 1. The number of benzene rings is 1. The number of nitrogens with one attached hydrogen (secondary N) is 3. The van der Waals surface area contributed by atoms with Crippen molar-refractivity contribution in [2.75, 3.05) is 5.32 Å². The monoisotopic (exact) mass is 646 g/mol. The van der Waals surface area contributed by atoms with Crippen LogP contribution in [0.2, 0.25) is 10.0 Å². The number of H-pyrrole nitrogens is 2. The van der Waals surface area contributed by atoms with Crippen molar-refractivity contribution in [3.05, 3.63) is 80.8 Å². The second-order valence-corrected chi connectivity index (χ2v) is 11.8. The highest BCUT2D eigenvalue weighted by Gasteiger charge is 2.43. The summed E-state index contributed by atoms with van der Waals surface area (Å²) in [5.74, 6) is -1.62. The first-order chi connectivity index (χ1) is 19.9. The molecule has 0 aliphatic heterocycles. The number of aromatic nitrogens is 5. The Morgan fingerprint density at radius 1 is 1.14 bits per heavy atom. The molecule has 224 valence electrons. The molecule has 1 aliphatic rings. The Morgan fingerprint density at radius 2 is 1.83 bits per heavy atom. The van der Waals surface area contributed by atoms with Gasteiger partial charge in [0.15, 0.2) is 0 Å². The highest BCUT2D eigenvalue weighted by atomic mass is 35.5. The summed E-state index contributed by atoms with van der Waals surface area (Å²) in [5, 5.41) is 24.2. The van der Waals surface area contributed by atoms with E-state index in [1.807, 2.05) is 24.3 Å². The Bertz CT molecular complexity index is 1600. The normalized spacial score (nSPS) is 19.4. The number of anilines is 2. The fourth-order valence-corrected chi connectivity index (χ4v) is 6.66. The minimum Gasteiger partial charge on any atom is -0.475 e. The lowest BCUT2D eigenvalue weighted by Crippen LogP contribution is -2.37. The lowest BCUT2D eigenvalue weighted by molar-refractivity contribution is -0.192. The van der Waals surface area contributed by atoms with E-state index < -0.39 is 34.1 Å². The van der Waals surface area contributed by atoms with Gasteiger partial charge in [-0.2, -0.15) is 18.3 Å². The molecule has 17 heteroatoms. The van der Waals surface area contributed by atoms with E-state index in [1.165, 1.54) is 0 Å². The highest BCUT2D eigenvalue weighted by molar-refractivity contribution is 7.85. The van der Waals surface area contributed by atoms with E-state index in [4.69, 9.17) is 42.5 Å². The van der Waals surface area contributed by atoms with E-state index in [2.05, 4.69) is 25.7 Å². The molecule has 5 rings (SSSR count). The van der Waals surface area contributed by atoms with Gasteiger partial charge in [-0.3, -0.25) is 9.31 Å². The Morgan fingerprint density at radius 3 is 2.43 bits per heavy atom. The van der Waals surface area contributed by atoms with Crippen LogP contribution in [0.1, 0.15) is 37.3 Å². The number of rotatable bonds is 7. The Hall–Kier alpha value is -3.69. The molecule has 1 aliphatic carbocycles. The molecule has 1 saturated carbocycles. The maximum atomic E-state index is 13.3. The fourth-order valence-electron chi connectivity index (χ4n) is 4.56. The molecule has 0 amide bonds. The minimum absolute atomic E-state index is 0.105. The molecule has 42 heavy (non-hydrogen) atoms. The Labute approximate surface area is 248 Å². The molecule has 1 atom stereocenters. The quantitative estimate of drug-likeness (QED) is 0.206. The number of pyridine rings is 1. The smallest absolute Gasteiger partial charge is 0.475 e. The molecule has 1 unspecified atom stereocenters. The van der Waals surface area contributed by atoms with Crippen molar-refractivity contribution in [2.45, 2.75) is 53.8 Å². The topological polar surface area (TPSA) is 167 Å². The Kier molecular flexibility index (Phi) is 9.74. The number of alkyl halides is 3. The van der Waals surface area contributed by atoms with Crippen LogP contribution in [-0.4, -0.2) is 52.1 Å². The summed E-state index contributed by atoms with van der Waals surface area (Å²) in [4.78, 5) is 26.0. The van der Waals surface area contributed by atoms with Gasteiger partial charge in [0.25, 0.3) is 0 Å². The number of hydrogen-bond donors (Lipinski definition) is 4. The third-order valence-electron chi connectivity index (χ3n) is 6.55. The van der Waals surface area contributed by atoms with Crippen LogP contribution in [0.25, 0.3) is 0 Å². The summed E-state index contributed by atoms with van der Waals surface area (Å²) in [6, 6.07) is 12.7. The van der Waals surface area contributed by atoms with Crippen molar-refractivity contribution in [1.29, 1.82) is 0 Å². The molecule has 1 fully saturated rings. The molecule has 4 aromatic rings. The number of carbonyl (C=O) groups is 1. The Balaban J connectivity index is 0.000000517. The summed E-state index contributed by atoms with van der Waals surface area (Å²) in [5.41, 5.74) is 0.259. The maximum Gasteiger partial charge on any atom is 0.490 e. The van der Waals surface area contributed by atoms with Gasteiger partial charge in [0, 0.05) is 23.4 Å². The van der Waals surface area contributed by atoms with E-state index in [1.54, 1.807) is 24.4 Å². The third-order valence-corrected chi connectivity index (χ3v) is 9.33. The van der Waals surface area contributed by atoms with Gasteiger partial charge in [0.2, 0.25) is 5.89 Å². The number of aromatic amines is 2. The zero-order valence-corrected chi connectivity index (χ0v) is 23.8. The summed E-state index contributed by atoms with van der Waals surface area (Å²) < 4.78 is 50.5. The molecule has 0 saturated heterocycles. The van der Waals surface area contributed by atoms with E-state index in [-0.39, 0.29) is 5.25 Å². The van der Waals surface area contributed by atoms with Crippen molar-refractivity contribution < 1.29 is 31.7 Å². The molecular weight excluding hydrogens is 624 g/mol. The third kappa shape index (κ3) is 7.57. The van der Waals surface area contributed by atoms with Crippen LogP contribution < -0.4 is 11.1 Å². The second kappa shape index (κ2) is 13.1. The predicted molar refractivity (Wildman–Crippen MR) is 147 cm³/mol. The van der Waals surface area contributed by atoms with Crippen LogP contribution in [0, 0.1) is 0 Å². The largest absolute Gasteiger partial charge is 0.490 e. The van der Waals surface area contributed by atoms with E-state index >= 15 is 0 Å². The summed E-state index contributed by atoms with van der Waals surface area (Å²) in [7, 11) is -1.32. The molecule has 4 N–H and O–H groups in total. The molecule has 0 spiro atoms. The van der Waals surface area contributed by atoms with Crippen LogP contribution in [-0.2, 0) is 27.4 Å². The van der Waals surface area contributed by atoms with Gasteiger partial charge in [-0.15, -0.1) is 5.10 Å². The highest BCUT2D eigenvalue weighted by Crippen LogP contribution is 2.43. The number of carboxylic acid groups (broad SMARTS) is 1. The molecule has 0 bridgehead atoms. The first kappa shape index (κ1) is 31.3. The average Bonchev–Trinajstić information content (AvgIpc) is 3.62. The van der Waals surface area contributed by atoms with Crippen LogP contribution in [0.15, 0.2) is 62.8 Å². The van der Waals surface area contributed by atoms with Gasteiger partial charge in [0.1, 0.15) is 11.6 Å². The van der Waals surface area contributed by atoms with Crippen molar-refractivity contribution in [3.63, 3.8) is 0 Å². The van der Waals surface area contributed by atoms with Gasteiger partial charge in [-0.1, -0.05) is 35.3 Å². The van der Waals surface area contributed by atoms with Gasteiger partial charge < -0.3 is 14.8 Å². The summed E-state index contributed by atoms with van der Waals surface area (Å²) >= 11 is 12.5. The lowest BCUT2D eigenvalue weighted by Gasteiger charge is -2.37. The van der Waals surface area contributed by atoms with Gasteiger partial charge in [-0.25, -0.2) is 19.7 Å². The maximum absolute atomic E-state index is 13.3. The van der Waals surface area contributed by atoms with Crippen LogP contribution in [0.3, 0.4) is 0 Å². The molecule has 0 radical (unpaired) electrons. The van der Waals surface area contributed by atoms with Crippen molar-refractivity contribution >= 4 is 51.6 Å². The number of aliphatic carboxylic acids is 1. The molecule has 11 nitrogen and oxygen atoms in total. The predicted octanol–water partition coefficient (Wildman–Crippen LogP) is 5.40. The van der Waals surface area contributed by atoms with Crippen LogP contribution in [0.5, 0.6) is 0 Å². The van der Waals surface area contributed by atoms with E-state index in [9.17, 15) is 22.2 Å². The lowest BCUT2D eigenvalue weighted by atomic mass is 9.70. The summed E-state index contributed by atoms with van der Waals surface area (Å²) in [6.45, 7) is 0. The number of nitrogens with zero attached hydrogens (tertiary/aromatic N) is 3. The van der Waals surface area contributed by atoms with Crippen LogP contribution in [0.4, 0.5) is 24.8 Å². The standard InChI is InChI=1S/C23H22Cl2N6O3S.C2HF3O2/c24-16-4-2-5-17(20(16)25)35(33)15-7-10-23(11-8-15,21-30-31-22(32)34-21)13-14-3-1-6-18(27-14)28-19-9-12-26-29-19;3-2(4,5)1(6)7/h1-6,9,12,15H,7-8,10-11,13H2,(H,31,32)(H2,26,27,28,29);(H,6,7). The SMILES string of the molecule is O=C(O)C(F)(F)F.O=c1[nH]nc(C2(Cc3cccc(Nc4ccn[nH]4)n3)CCC(S(=O)c3cccc(Cl)c3Cl)CC2)o1. The molecule has 3 heterocycles. The van der Waals surface area contributed by atoms with Gasteiger partial charge in [-0.05, 0) is 49.9 Å². The van der Waals surface area contributed by atoms with Crippen molar-refractivity contribution in [2.24, 2.45) is 0 Å². The van der Waals surface area contributed by atoms with Crippen LogP contribution >= 0.6 is 23.2 Å². The first-order valence-corrected chi connectivity index (χ1v) is 14.3. The number of halogens is 5. The second-order valence-electron chi connectivity index (χ2n) is 9.34. The molecular formula is C25H23Cl2F3N6O5S. The van der Waals surface area contributed by atoms with Crippen molar-refractivity contribution in [3.8, 4) is 0 Å². The first-order valence-electron chi connectivity index (χ1n) is 12.3. The average molecular weight is 647 g/mol. The van der Waals surface area contributed by atoms with Gasteiger partial charge in [0.05, 0.1) is 37.4 Å². The molecule has 3 aromatic heterocycles.